The highest BCUT2D eigenvalue weighted by molar-refractivity contribution is 6.74. The molecule has 1 aliphatic carbocycles. The summed E-state index contributed by atoms with van der Waals surface area (Å²) < 4.78 is 6.88. The Balaban J connectivity index is 2.14. The van der Waals surface area contributed by atoms with E-state index in [2.05, 4.69) is 39.9 Å². The molecular formula is C22H28O2Si. The molecule has 0 spiro atoms. The van der Waals surface area contributed by atoms with Crippen LogP contribution in [0.1, 0.15) is 48.7 Å². The average molecular weight is 353 g/mol. The number of fused-ring (bicyclic) bond motifs is 1. The zero-order valence-electron chi connectivity index (χ0n) is 15.9. The third kappa shape index (κ3) is 3.11. The van der Waals surface area contributed by atoms with E-state index in [1.165, 1.54) is 0 Å². The Hall–Kier alpha value is -1.71. The van der Waals surface area contributed by atoms with Crippen LogP contribution in [0.2, 0.25) is 18.1 Å². The van der Waals surface area contributed by atoms with E-state index in [0.717, 1.165) is 23.1 Å². The summed E-state index contributed by atoms with van der Waals surface area (Å²) in [7, 11) is -2.13. The number of benzene rings is 2. The first-order chi connectivity index (χ1) is 11.7. The Kier molecular flexibility index (Phi) is 4.50. The first kappa shape index (κ1) is 18.1. The van der Waals surface area contributed by atoms with Crippen LogP contribution in [0.4, 0.5) is 0 Å². The number of rotatable bonds is 3. The summed E-state index contributed by atoms with van der Waals surface area (Å²) in [5.74, 6) is 0.116. The second-order valence-corrected chi connectivity index (χ2v) is 13.3. The largest absolute Gasteiger partial charge is 0.400 e. The molecule has 0 radical (unpaired) electrons. The maximum absolute atomic E-state index is 13.6. The van der Waals surface area contributed by atoms with Crippen molar-refractivity contribution in [3.63, 3.8) is 0 Å². The van der Waals surface area contributed by atoms with E-state index in [1.807, 2.05) is 48.5 Å². The molecule has 0 N–H and O–H groups in total. The van der Waals surface area contributed by atoms with Crippen molar-refractivity contribution in [2.45, 2.75) is 57.3 Å². The van der Waals surface area contributed by atoms with Gasteiger partial charge in [0.1, 0.15) is 5.60 Å². The average Bonchev–Trinajstić information content (AvgIpc) is 2.57. The van der Waals surface area contributed by atoms with Gasteiger partial charge in [-0.15, -0.1) is 0 Å². The third-order valence-corrected chi connectivity index (χ3v) is 10.3. The smallest absolute Gasteiger partial charge is 0.198 e. The second kappa shape index (κ2) is 6.22. The van der Waals surface area contributed by atoms with Gasteiger partial charge in [0.25, 0.3) is 0 Å². The van der Waals surface area contributed by atoms with Gasteiger partial charge in [-0.05, 0) is 42.1 Å². The molecule has 0 bridgehead atoms. The van der Waals surface area contributed by atoms with Crippen LogP contribution in [0.25, 0.3) is 0 Å². The van der Waals surface area contributed by atoms with E-state index in [4.69, 9.17) is 4.43 Å². The predicted octanol–water partition coefficient (Wildman–Crippen LogP) is 5.73. The minimum Gasteiger partial charge on any atom is -0.400 e. The van der Waals surface area contributed by atoms with Gasteiger partial charge in [-0.25, -0.2) is 0 Å². The summed E-state index contributed by atoms with van der Waals surface area (Å²) in [5, 5.41) is 0.0476. The number of Topliss-reactive ketones (excluding diaryl/α,β-unsaturated/α-hetero) is 1. The van der Waals surface area contributed by atoms with Crippen LogP contribution in [0.5, 0.6) is 0 Å². The van der Waals surface area contributed by atoms with E-state index in [9.17, 15) is 4.79 Å². The van der Waals surface area contributed by atoms with Crippen LogP contribution in [0.3, 0.4) is 0 Å². The zero-order valence-corrected chi connectivity index (χ0v) is 16.9. The molecular weight excluding hydrogens is 324 g/mol. The molecule has 3 heteroatoms. The third-order valence-electron chi connectivity index (χ3n) is 5.85. The lowest BCUT2D eigenvalue weighted by molar-refractivity contribution is 0.0291. The van der Waals surface area contributed by atoms with Crippen LogP contribution in [-0.4, -0.2) is 14.1 Å². The van der Waals surface area contributed by atoms with Crippen molar-refractivity contribution >= 4 is 14.1 Å². The van der Waals surface area contributed by atoms with E-state index < -0.39 is 13.9 Å². The quantitative estimate of drug-likeness (QED) is 0.659. The highest BCUT2D eigenvalue weighted by Gasteiger charge is 2.51. The molecule has 1 atom stereocenters. The Morgan fingerprint density at radius 1 is 0.960 bits per heavy atom. The summed E-state index contributed by atoms with van der Waals surface area (Å²) in [6.07, 6.45) is 1.57. The Labute approximate surface area is 152 Å². The van der Waals surface area contributed by atoms with Crippen LogP contribution in [0, 0.1) is 0 Å². The summed E-state index contributed by atoms with van der Waals surface area (Å²) in [6.45, 7) is 11.1. The molecule has 132 valence electrons. The van der Waals surface area contributed by atoms with Gasteiger partial charge in [0.2, 0.25) is 0 Å². The molecule has 1 unspecified atom stereocenters. The SMILES string of the molecule is CC(C)(C)[Si](C)(C)OC1(c2ccccc2)CCc2ccccc2C1=O. The molecule has 2 nitrogen and oxygen atoms in total. The van der Waals surface area contributed by atoms with Gasteiger partial charge >= 0.3 is 0 Å². The number of hydrogen-bond donors (Lipinski definition) is 0. The van der Waals surface area contributed by atoms with Gasteiger partial charge in [-0.3, -0.25) is 4.79 Å². The minimum atomic E-state index is -2.13. The lowest BCUT2D eigenvalue weighted by Gasteiger charge is -2.46. The Morgan fingerprint density at radius 3 is 2.20 bits per heavy atom. The molecule has 25 heavy (non-hydrogen) atoms. The minimum absolute atomic E-state index is 0.0476. The van der Waals surface area contributed by atoms with Gasteiger partial charge in [0.05, 0.1) is 0 Å². The standard InChI is InChI=1S/C22H28O2Si/c1-21(2,3)25(4,5)24-22(18-12-7-6-8-13-18)16-15-17-11-9-10-14-19(17)20(22)23/h6-14H,15-16H2,1-5H3. The summed E-state index contributed by atoms with van der Waals surface area (Å²) in [4.78, 5) is 13.6. The normalized spacial score (nSPS) is 21.1. The second-order valence-electron chi connectivity index (χ2n) is 8.54. The number of hydrogen-bond acceptors (Lipinski definition) is 2. The molecule has 0 aromatic heterocycles. The molecule has 0 saturated heterocycles. The van der Waals surface area contributed by atoms with Crippen molar-refractivity contribution in [1.29, 1.82) is 0 Å². The number of carbonyl (C=O) groups excluding carboxylic acids is 1. The first-order valence-electron chi connectivity index (χ1n) is 9.06. The summed E-state index contributed by atoms with van der Waals surface area (Å²) in [5.41, 5.74) is 2.08. The fraction of sp³-hybridized carbons (Fsp3) is 0.409. The van der Waals surface area contributed by atoms with Crippen LogP contribution in [-0.2, 0) is 16.4 Å². The fourth-order valence-electron chi connectivity index (χ4n) is 3.33. The molecule has 0 amide bonds. The molecule has 0 saturated carbocycles. The van der Waals surface area contributed by atoms with Crippen molar-refractivity contribution in [1.82, 2.24) is 0 Å². The van der Waals surface area contributed by atoms with Gasteiger partial charge in [-0.1, -0.05) is 75.4 Å². The van der Waals surface area contributed by atoms with Gasteiger partial charge in [0, 0.05) is 5.56 Å². The molecule has 0 aliphatic heterocycles. The van der Waals surface area contributed by atoms with Crippen molar-refractivity contribution in [2.75, 3.05) is 0 Å². The molecule has 2 aromatic carbocycles. The zero-order chi connectivity index (χ0) is 18.3. The monoisotopic (exact) mass is 352 g/mol. The summed E-state index contributed by atoms with van der Waals surface area (Å²) >= 11 is 0. The van der Waals surface area contributed by atoms with Gasteiger partial charge in [-0.2, -0.15) is 0 Å². The number of aryl methyl sites for hydroxylation is 1. The van der Waals surface area contributed by atoms with E-state index >= 15 is 0 Å². The highest BCUT2D eigenvalue weighted by Crippen LogP contribution is 2.46. The molecule has 2 aromatic rings. The maximum Gasteiger partial charge on any atom is 0.198 e. The van der Waals surface area contributed by atoms with Crippen molar-refractivity contribution in [3.8, 4) is 0 Å². The number of ketones is 1. The number of carbonyl (C=O) groups is 1. The lowest BCUT2D eigenvalue weighted by atomic mass is 9.75. The van der Waals surface area contributed by atoms with E-state index in [1.54, 1.807) is 0 Å². The molecule has 1 aliphatic rings. The van der Waals surface area contributed by atoms with Crippen molar-refractivity contribution in [2.24, 2.45) is 0 Å². The molecule has 0 fully saturated rings. The van der Waals surface area contributed by atoms with E-state index in [-0.39, 0.29) is 10.8 Å². The fourth-order valence-corrected chi connectivity index (χ4v) is 4.82. The van der Waals surface area contributed by atoms with E-state index in [0.29, 0.717) is 6.42 Å². The molecule has 0 heterocycles. The Morgan fingerprint density at radius 2 is 1.56 bits per heavy atom. The Bertz CT molecular complexity index is 774. The van der Waals surface area contributed by atoms with Gasteiger partial charge < -0.3 is 4.43 Å². The van der Waals surface area contributed by atoms with Gasteiger partial charge in [0.15, 0.2) is 14.1 Å². The lowest BCUT2D eigenvalue weighted by Crippen LogP contribution is -2.53. The maximum atomic E-state index is 13.6. The summed E-state index contributed by atoms with van der Waals surface area (Å²) in [6, 6.07) is 18.0. The van der Waals surface area contributed by atoms with Crippen LogP contribution < -0.4 is 0 Å². The first-order valence-corrected chi connectivity index (χ1v) is 12.0. The highest BCUT2D eigenvalue weighted by atomic mass is 28.4. The van der Waals surface area contributed by atoms with Crippen molar-refractivity contribution in [3.05, 3.63) is 71.3 Å². The van der Waals surface area contributed by atoms with Crippen molar-refractivity contribution < 1.29 is 9.22 Å². The predicted molar refractivity (Wildman–Crippen MR) is 105 cm³/mol. The van der Waals surface area contributed by atoms with Crippen LogP contribution >= 0.6 is 0 Å². The molecule has 3 rings (SSSR count). The van der Waals surface area contributed by atoms with Crippen LogP contribution in [0.15, 0.2) is 54.6 Å². The topological polar surface area (TPSA) is 26.3 Å².